The Balaban J connectivity index is 0.000000461. The van der Waals surface area contributed by atoms with Crippen LogP contribution >= 0.6 is 0 Å². The Kier molecular flexibility index (Phi) is 3.25. The van der Waals surface area contributed by atoms with Gasteiger partial charge in [-0.25, -0.2) is 0 Å². The molecule has 1 N–H and O–H groups in total. The highest BCUT2D eigenvalue weighted by Gasteiger charge is 2.31. The van der Waals surface area contributed by atoms with Gasteiger partial charge in [-0.3, -0.25) is 4.79 Å². The van der Waals surface area contributed by atoms with Crippen LogP contribution < -0.4 is 0 Å². The third-order valence-corrected chi connectivity index (χ3v) is 2.16. The molecule has 1 aromatic carbocycles. The van der Waals surface area contributed by atoms with Gasteiger partial charge in [-0.2, -0.15) is 0 Å². The largest absolute Gasteiger partial charge is 0.369 e. The number of hydrogen-bond acceptors (Lipinski definition) is 2. The Morgan fingerprint density at radius 2 is 1.86 bits per heavy atom. The van der Waals surface area contributed by atoms with Gasteiger partial charge in [-0.1, -0.05) is 32.0 Å². The molecule has 1 aliphatic rings. The lowest BCUT2D eigenvalue weighted by Gasteiger charge is -2.13. The van der Waals surface area contributed by atoms with E-state index < -0.39 is 6.23 Å². The molecule has 0 aliphatic carbocycles. The molecule has 1 atom stereocenters. The number of aliphatic hydroxyl groups excluding tert-OH is 1. The van der Waals surface area contributed by atoms with Crippen molar-refractivity contribution in [2.45, 2.75) is 20.1 Å². The Morgan fingerprint density at radius 1 is 1.29 bits per heavy atom. The van der Waals surface area contributed by atoms with Crippen molar-refractivity contribution >= 4 is 5.91 Å². The molecule has 0 saturated heterocycles. The molecule has 14 heavy (non-hydrogen) atoms. The highest BCUT2D eigenvalue weighted by Crippen LogP contribution is 2.29. The first-order valence-corrected chi connectivity index (χ1v) is 4.76. The molecule has 1 heterocycles. The van der Waals surface area contributed by atoms with Gasteiger partial charge in [0.1, 0.15) is 0 Å². The molecule has 1 unspecified atom stereocenters. The Morgan fingerprint density at radius 3 is 2.43 bits per heavy atom. The number of rotatable bonds is 0. The summed E-state index contributed by atoms with van der Waals surface area (Å²) in [6.07, 6.45) is -0.770. The number of carbonyl (C=O) groups is 1. The van der Waals surface area contributed by atoms with Gasteiger partial charge in [0.15, 0.2) is 6.23 Å². The third kappa shape index (κ3) is 1.51. The summed E-state index contributed by atoms with van der Waals surface area (Å²) >= 11 is 0. The fourth-order valence-corrected chi connectivity index (χ4v) is 1.43. The fraction of sp³-hybridized carbons (Fsp3) is 0.364. The van der Waals surface area contributed by atoms with Crippen molar-refractivity contribution in [3.05, 3.63) is 35.4 Å². The van der Waals surface area contributed by atoms with Crippen LogP contribution in [0.4, 0.5) is 0 Å². The SMILES string of the molecule is CC.CN1C(=O)c2ccccc2C1O. The molecule has 0 radical (unpaired) electrons. The lowest BCUT2D eigenvalue weighted by Crippen LogP contribution is -2.22. The lowest BCUT2D eigenvalue weighted by atomic mass is 10.1. The fourth-order valence-electron chi connectivity index (χ4n) is 1.43. The molecule has 0 spiro atoms. The van der Waals surface area contributed by atoms with E-state index in [-0.39, 0.29) is 5.91 Å². The van der Waals surface area contributed by atoms with Gasteiger partial charge in [0, 0.05) is 18.2 Å². The quantitative estimate of drug-likeness (QED) is 0.682. The first kappa shape index (κ1) is 10.7. The standard InChI is InChI=1S/C9H9NO2.C2H6/c1-10-8(11)6-4-2-3-5-7(6)9(10)12;1-2/h2-5,8,11H,1H3;1-2H3. The summed E-state index contributed by atoms with van der Waals surface area (Å²) in [7, 11) is 1.59. The molecule has 0 fully saturated rings. The van der Waals surface area contributed by atoms with Gasteiger partial charge < -0.3 is 10.0 Å². The molecule has 1 aliphatic heterocycles. The van der Waals surface area contributed by atoms with Crippen molar-refractivity contribution in [3.63, 3.8) is 0 Å². The Bertz CT molecular complexity index is 336. The van der Waals surface area contributed by atoms with Crippen molar-refractivity contribution in [1.82, 2.24) is 4.90 Å². The highest BCUT2D eigenvalue weighted by molar-refractivity contribution is 5.98. The van der Waals surface area contributed by atoms with E-state index in [9.17, 15) is 9.90 Å². The summed E-state index contributed by atoms with van der Waals surface area (Å²) < 4.78 is 0. The number of amides is 1. The molecule has 3 heteroatoms. The van der Waals surface area contributed by atoms with E-state index in [2.05, 4.69) is 0 Å². The van der Waals surface area contributed by atoms with Gasteiger partial charge in [-0.15, -0.1) is 0 Å². The smallest absolute Gasteiger partial charge is 0.256 e. The van der Waals surface area contributed by atoms with Gasteiger partial charge in [0.25, 0.3) is 5.91 Å². The first-order chi connectivity index (χ1) is 6.72. The monoisotopic (exact) mass is 193 g/mol. The summed E-state index contributed by atoms with van der Waals surface area (Å²) in [5, 5.41) is 9.53. The number of benzene rings is 1. The van der Waals surface area contributed by atoms with E-state index in [1.807, 2.05) is 19.9 Å². The van der Waals surface area contributed by atoms with Gasteiger partial charge in [0.2, 0.25) is 0 Å². The summed E-state index contributed by atoms with van der Waals surface area (Å²) in [5.41, 5.74) is 1.30. The maximum atomic E-state index is 11.4. The Hall–Kier alpha value is -1.35. The van der Waals surface area contributed by atoms with Crippen LogP contribution in [0.25, 0.3) is 0 Å². The number of aliphatic hydroxyl groups is 1. The van der Waals surface area contributed by atoms with Crippen LogP contribution in [0.1, 0.15) is 36.0 Å². The van der Waals surface area contributed by atoms with Crippen molar-refractivity contribution in [2.24, 2.45) is 0 Å². The van der Waals surface area contributed by atoms with E-state index in [1.165, 1.54) is 4.90 Å². The van der Waals surface area contributed by atoms with Crippen LogP contribution in [0.2, 0.25) is 0 Å². The average Bonchev–Trinajstić information content (AvgIpc) is 2.48. The number of fused-ring (bicyclic) bond motifs is 1. The molecule has 0 saturated carbocycles. The maximum Gasteiger partial charge on any atom is 0.256 e. The van der Waals surface area contributed by atoms with Crippen LogP contribution in [0, 0.1) is 0 Å². The molecule has 0 bridgehead atoms. The molecule has 2 rings (SSSR count). The summed E-state index contributed by atoms with van der Waals surface area (Å²) in [6.45, 7) is 4.00. The van der Waals surface area contributed by atoms with E-state index in [1.54, 1.807) is 25.2 Å². The van der Waals surface area contributed by atoms with Gasteiger partial charge in [-0.05, 0) is 6.07 Å². The molecule has 76 valence electrons. The van der Waals surface area contributed by atoms with Crippen LogP contribution in [-0.4, -0.2) is 23.0 Å². The zero-order chi connectivity index (χ0) is 10.7. The van der Waals surface area contributed by atoms with E-state index in [4.69, 9.17) is 0 Å². The maximum absolute atomic E-state index is 11.4. The molecule has 1 amide bonds. The molecular formula is C11H15NO2. The van der Waals surface area contributed by atoms with Crippen LogP contribution in [0.3, 0.4) is 0 Å². The topological polar surface area (TPSA) is 40.5 Å². The molecule has 0 aromatic heterocycles. The third-order valence-electron chi connectivity index (χ3n) is 2.16. The highest BCUT2D eigenvalue weighted by atomic mass is 16.3. The van der Waals surface area contributed by atoms with Crippen LogP contribution in [0.15, 0.2) is 24.3 Å². The first-order valence-electron chi connectivity index (χ1n) is 4.76. The minimum Gasteiger partial charge on any atom is -0.369 e. The van der Waals surface area contributed by atoms with Crippen molar-refractivity contribution in [2.75, 3.05) is 7.05 Å². The van der Waals surface area contributed by atoms with Gasteiger partial charge >= 0.3 is 0 Å². The zero-order valence-corrected chi connectivity index (χ0v) is 8.69. The second-order valence-corrected chi connectivity index (χ2v) is 2.88. The molecule has 3 nitrogen and oxygen atoms in total. The lowest BCUT2D eigenvalue weighted by molar-refractivity contribution is 0.0302. The predicted octanol–water partition coefficient (Wildman–Crippen LogP) is 1.79. The number of nitrogens with zero attached hydrogens (tertiary/aromatic N) is 1. The predicted molar refractivity (Wildman–Crippen MR) is 54.8 cm³/mol. The minimum absolute atomic E-state index is 0.113. The number of hydrogen-bond donors (Lipinski definition) is 1. The van der Waals surface area contributed by atoms with E-state index in [0.29, 0.717) is 11.1 Å². The van der Waals surface area contributed by atoms with Crippen molar-refractivity contribution in [1.29, 1.82) is 0 Å². The summed E-state index contributed by atoms with van der Waals surface area (Å²) in [4.78, 5) is 12.7. The van der Waals surface area contributed by atoms with Crippen LogP contribution in [0.5, 0.6) is 0 Å². The zero-order valence-electron chi connectivity index (χ0n) is 8.69. The second kappa shape index (κ2) is 4.24. The molecule has 1 aromatic rings. The number of carbonyl (C=O) groups excluding carboxylic acids is 1. The molecular weight excluding hydrogens is 178 g/mol. The normalized spacial score (nSPS) is 18.7. The van der Waals surface area contributed by atoms with Crippen LogP contribution in [-0.2, 0) is 0 Å². The Labute approximate surface area is 84.0 Å². The van der Waals surface area contributed by atoms with E-state index in [0.717, 1.165) is 0 Å². The summed E-state index contributed by atoms with van der Waals surface area (Å²) in [5.74, 6) is -0.113. The van der Waals surface area contributed by atoms with Gasteiger partial charge in [0.05, 0.1) is 0 Å². The minimum atomic E-state index is -0.770. The average molecular weight is 193 g/mol. The van der Waals surface area contributed by atoms with Crippen molar-refractivity contribution in [3.8, 4) is 0 Å². The van der Waals surface area contributed by atoms with E-state index >= 15 is 0 Å². The van der Waals surface area contributed by atoms with Crippen molar-refractivity contribution < 1.29 is 9.90 Å². The second-order valence-electron chi connectivity index (χ2n) is 2.88. The summed E-state index contributed by atoms with van der Waals surface area (Å²) in [6, 6.07) is 7.10.